The molecule has 1 fully saturated rings. The lowest BCUT2D eigenvalue weighted by Gasteiger charge is -2.36. The van der Waals surface area contributed by atoms with Gasteiger partial charge in [-0.15, -0.1) is 0 Å². The average Bonchev–Trinajstić information content (AvgIpc) is 2.45. The standard InChI is InChI=1S/C15H23N3O3/c1-4-16-14-6-12(5-10(2)17-14)15(20)18-7-11(3)21-13(8-18)9-19/h5-6,11,13,19H,4,7-9H2,1-3H3,(H,16,17). The number of morpholine rings is 1. The first-order chi connectivity index (χ1) is 10.0. The number of rotatable bonds is 4. The predicted molar refractivity (Wildman–Crippen MR) is 80.5 cm³/mol. The fraction of sp³-hybridized carbons (Fsp3) is 0.600. The van der Waals surface area contributed by atoms with Crippen molar-refractivity contribution in [2.24, 2.45) is 0 Å². The zero-order valence-corrected chi connectivity index (χ0v) is 12.8. The topological polar surface area (TPSA) is 74.7 Å². The van der Waals surface area contributed by atoms with Gasteiger partial charge >= 0.3 is 0 Å². The summed E-state index contributed by atoms with van der Waals surface area (Å²) >= 11 is 0. The molecule has 116 valence electrons. The molecule has 0 saturated carbocycles. The van der Waals surface area contributed by atoms with E-state index in [1.165, 1.54) is 0 Å². The third kappa shape index (κ3) is 3.92. The molecule has 0 spiro atoms. The van der Waals surface area contributed by atoms with Crippen LogP contribution in [0.4, 0.5) is 5.82 Å². The maximum atomic E-state index is 12.6. The molecular weight excluding hydrogens is 270 g/mol. The molecule has 1 saturated heterocycles. The number of aromatic nitrogens is 1. The third-order valence-corrected chi connectivity index (χ3v) is 3.38. The number of hydrogen-bond acceptors (Lipinski definition) is 5. The second-order valence-electron chi connectivity index (χ2n) is 5.37. The van der Waals surface area contributed by atoms with Crippen LogP contribution in [0.1, 0.15) is 29.9 Å². The van der Waals surface area contributed by atoms with Gasteiger partial charge in [0.2, 0.25) is 0 Å². The lowest BCUT2D eigenvalue weighted by molar-refractivity contribution is -0.0858. The van der Waals surface area contributed by atoms with Gasteiger partial charge in [-0.2, -0.15) is 0 Å². The summed E-state index contributed by atoms with van der Waals surface area (Å²) in [6, 6.07) is 3.56. The van der Waals surface area contributed by atoms with Crippen molar-refractivity contribution in [3.05, 3.63) is 23.4 Å². The molecule has 2 heterocycles. The summed E-state index contributed by atoms with van der Waals surface area (Å²) in [5, 5.41) is 12.4. The van der Waals surface area contributed by atoms with Crippen molar-refractivity contribution >= 4 is 11.7 Å². The number of anilines is 1. The van der Waals surface area contributed by atoms with Crippen LogP contribution in [0.15, 0.2) is 12.1 Å². The Morgan fingerprint density at radius 1 is 1.52 bits per heavy atom. The Morgan fingerprint density at radius 2 is 2.29 bits per heavy atom. The largest absolute Gasteiger partial charge is 0.394 e. The van der Waals surface area contributed by atoms with Gasteiger partial charge in [-0.05, 0) is 32.9 Å². The van der Waals surface area contributed by atoms with E-state index < -0.39 is 0 Å². The first-order valence-corrected chi connectivity index (χ1v) is 7.31. The van der Waals surface area contributed by atoms with Crippen molar-refractivity contribution < 1.29 is 14.6 Å². The van der Waals surface area contributed by atoms with Gasteiger partial charge in [0, 0.05) is 30.9 Å². The van der Waals surface area contributed by atoms with Gasteiger partial charge < -0.3 is 20.1 Å². The van der Waals surface area contributed by atoms with Crippen molar-refractivity contribution in [3.8, 4) is 0 Å². The smallest absolute Gasteiger partial charge is 0.254 e. The Balaban J connectivity index is 2.18. The molecule has 1 aromatic rings. The van der Waals surface area contributed by atoms with Crippen LogP contribution in [-0.4, -0.2) is 59.3 Å². The molecule has 2 N–H and O–H groups in total. The van der Waals surface area contributed by atoms with Crippen LogP contribution in [0.25, 0.3) is 0 Å². The van der Waals surface area contributed by atoms with Crippen molar-refractivity contribution in [3.63, 3.8) is 0 Å². The van der Waals surface area contributed by atoms with Gasteiger partial charge in [-0.3, -0.25) is 4.79 Å². The molecule has 0 bridgehead atoms. The second kappa shape index (κ2) is 6.87. The summed E-state index contributed by atoms with van der Waals surface area (Å²) in [7, 11) is 0. The van der Waals surface area contributed by atoms with Crippen molar-refractivity contribution in [2.45, 2.75) is 33.0 Å². The number of aliphatic hydroxyl groups excluding tert-OH is 1. The third-order valence-electron chi connectivity index (χ3n) is 3.38. The lowest BCUT2D eigenvalue weighted by Crippen LogP contribution is -2.50. The highest BCUT2D eigenvalue weighted by Gasteiger charge is 2.28. The van der Waals surface area contributed by atoms with E-state index in [0.29, 0.717) is 24.5 Å². The average molecular weight is 293 g/mol. The van der Waals surface area contributed by atoms with Gasteiger partial charge in [0.1, 0.15) is 5.82 Å². The highest BCUT2D eigenvalue weighted by Crippen LogP contribution is 2.17. The van der Waals surface area contributed by atoms with Crippen LogP contribution in [0.5, 0.6) is 0 Å². The number of ether oxygens (including phenoxy) is 1. The van der Waals surface area contributed by atoms with Crippen LogP contribution < -0.4 is 5.32 Å². The zero-order valence-electron chi connectivity index (χ0n) is 12.8. The molecular formula is C15H23N3O3. The number of amides is 1. The molecule has 0 aliphatic carbocycles. The number of hydrogen-bond donors (Lipinski definition) is 2. The van der Waals surface area contributed by atoms with E-state index in [1.807, 2.05) is 20.8 Å². The minimum Gasteiger partial charge on any atom is -0.394 e. The lowest BCUT2D eigenvalue weighted by atomic mass is 10.1. The Kier molecular flexibility index (Phi) is 5.14. The van der Waals surface area contributed by atoms with E-state index in [4.69, 9.17) is 4.74 Å². The quantitative estimate of drug-likeness (QED) is 0.868. The van der Waals surface area contributed by atoms with Crippen LogP contribution in [-0.2, 0) is 4.74 Å². The molecule has 0 radical (unpaired) electrons. The first-order valence-electron chi connectivity index (χ1n) is 7.31. The molecule has 2 unspecified atom stereocenters. The van der Waals surface area contributed by atoms with Crippen molar-refractivity contribution in [1.82, 2.24) is 9.88 Å². The van der Waals surface area contributed by atoms with Gasteiger partial charge in [-0.1, -0.05) is 0 Å². The summed E-state index contributed by atoms with van der Waals surface area (Å²) in [5.41, 5.74) is 1.42. The summed E-state index contributed by atoms with van der Waals surface area (Å²) in [5.74, 6) is 0.661. The minimum absolute atomic E-state index is 0.0479. The summed E-state index contributed by atoms with van der Waals surface area (Å²) < 4.78 is 5.57. The van der Waals surface area contributed by atoms with E-state index in [9.17, 15) is 9.90 Å². The summed E-state index contributed by atoms with van der Waals surface area (Å²) in [4.78, 5) is 18.7. The molecule has 2 rings (SSSR count). The van der Waals surface area contributed by atoms with E-state index in [0.717, 1.165) is 12.2 Å². The molecule has 6 nitrogen and oxygen atoms in total. The number of carbonyl (C=O) groups excluding carboxylic acids is 1. The fourth-order valence-electron chi connectivity index (χ4n) is 2.56. The highest BCUT2D eigenvalue weighted by atomic mass is 16.5. The Labute approximate surface area is 125 Å². The maximum Gasteiger partial charge on any atom is 0.254 e. The normalized spacial score (nSPS) is 22.2. The maximum absolute atomic E-state index is 12.6. The number of aryl methyl sites for hydroxylation is 1. The van der Waals surface area contributed by atoms with Crippen LogP contribution in [0.2, 0.25) is 0 Å². The first kappa shape index (κ1) is 15.7. The van der Waals surface area contributed by atoms with Gasteiger partial charge in [0.05, 0.1) is 18.8 Å². The molecule has 0 aromatic carbocycles. The number of carbonyl (C=O) groups is 1. The van der Waals surface area contributed by atoms with Gasteiger partial charge in [0.15, 0.2) is 0 Å². The second-order valence-corrected chi connectivity index (χ2v) is 5.37. The highest BCUT2D eigenvalue weighted by molar-refractivity contribution is 5.95. The molecule has 21 heavy (non-hydrogen) atoms. The summed E-state index contributed by atoms with van der Waals surface area (Å²) in [6.45, 7) is 7.39. The molecule has 1 amide bonds. The molecule has 1 aromatic heterocycles. The number of pyridine rings is 1. The molecule has 1 aliphatic rings. The Morgan fingerprint density at radius 3 is 2.95 bits per heavy atom. The van der Waals surface area contributed by atoms with Gasteiger partial charge in [0.25, 0.3) is 5.91 Å². The Bertz CT molecular complexity index is 507. The van der Waals surface area contributed by atoms with E-state index in [2.05, 4.69) is 10.3 Å². The number of nitrogens with one attached hydrogen (secondary N) is 1. The van der Waals surface area contributed by atoms with Gasteiger partial charge in [-0.25, -0.2) is 4.98 Å². The van der Waals surface area contributed by atoms with Crippen molar-refractivity contribution in [1.29, 1.82) is 0 Å². The van der Waals surface area contributed by atoms with Crippen LogP contribution >= 0.6 is 0 Å². The van der Waals surface area contributed by atoms with Crippen molar-refractivity contribution in [2.75, 3.05) is 31.6 Å². The van der Waals surface area contributed by atoms with Crippen LogP contribution in [0, 0.1) is 6.92 Å². The van der Waals surface area contributed by atoms with E-state index in [1.54, 1.807) is 17.0 Å². The SMILES string of the molecule is CCNc1cc(C(=O)N2CC(C)OC(CO)C2)cc(C)n1. The zero-order chi connectivity index (χ0) is 15.4. The minimum atomic E-state index is -0.311. The number of aliphatic hydroxyl groups is 1. The Hall–Kier alpha value is -1.66. The fourth-order valence-corrected chi connectivity index (χ4v) is 2.56. The molecule has 6 heteroatoms. The van der Waals surface area contributed by atoms with E-state index in [-0.39, 0.29) is 24.7 Å². The summed E-state index contributed by atoms with van der Waals surface area (Å²) in [6.07, 6.45) is -0.384. The number of nitrogens with zero attached hydrogens (tertiary/aromatic N) is 2. The van der Waals surface area contributed by atoms with E-state index >= 15 is 0 Å². The molecule has 2 atom stereocenters. The monoisotopic (exact) mass is 293 g/mol. The van der Waals surface area contributed by atoms with Crippen LogP contribution in [0.3, 0.4) is 0 Å². The molecule has 1 aliphatic heterocycles. The predicted octanol–water partition coefficient (Wildman–Crippen LogP) is 1.04.